The first kappa shape index (κ1) is 11.9. The maximum absolute atomic E-state index is 11.1. The topological polar surface area (TPSA) is 83.6 Å². The van der Waals surface area contributed by atoms with Crippen LogP contribution in [0.3, 0.4) is 0 Å². The molecule has 4 N–H and O–H groups in total. The van der Waals surface area contributed by atoms with Gasteiger partial charge < -0.3 is 15.9 Å². The standard InChI is InChI=1S/C13H17NO3/c14-7-11(13(16)17)10-5-8-3-1-2-4-9(8)6-12(10)15/h5-6,11,15H,1-4,7,14H2,(H,16,17). The summed E-state index contributed by atoms with van der Waals surface area (Å²) in [7, 11) is 0. The van der Waals surface area contributed by atoms with Crippen LogP contribution in [0.2, 0.25) is 0 Å². The summed E-state index contributed by atoms with van der Waals surface area (Å²) in [5, 5.41) is 19.0. The smallest absolute Gasteiger partial charge is 0.312 e. The van der Waals surface area contributed by atoms with Gasteiger partial charge in [-0.2, -0.15) is 0 Å². The van der Waals surface area contributed by atoms with E-state index in [4.69, 9.17) is 10.8 Å². The fourth-order valence-electron chi connectivity index (χ4n) is 2.43. The van der Waals surface area contributed by atoms with Crippen molar-refractivity contribution in [1.82, 2.24) is 0 Å². The van der Waals surface area contributed by atoms with E-state index in [1.165, 1.54) is 0 Å². The molecular weight excluding hydrogens is 218 g/mol. The van der Waals surface area contributed by atoms with Crippen molar-refractivity contribution in [2.24, 2.45) is 5.73 Å². The number of rotatable bonds is 3. The molecule has 0 spiro atoms. The van der Waals surface area contributed by atoms with Crippen LogP contribution in [0.25, 0.3) is 0 Å². The van der Waals surface area contributed by atoms with Crippen LogP contribution in [-0.2, 0) is 17.6 Å². The second kappa shape index (κ2) is 4.75. The van der Waals surface area contributed by atoms with Crippen molar-refractivity contribution in [3.63, 3.8) is 0 Å². The molecule has 1 aromatic carbocycles. The first-order valence-electron chi connectivity index (χ1n) is 5.91. The van der Waals surface area contributed by atoms with Crippen LogP contribution in [0.4, 0.5) is 0 Å². The number of hydrogen-bond acceptors (Lipinski definition) is 3. The van der Waals surface area contributed by atoms with Gasteiger partial charge in [0, 0.05) is 12.1 Å². The highest BCUT2D eigenvalue weighted by molar-refractivity contribution is 5.77. The zero-order valence-corrected chi connectivity index (χ0v) is 9.65. The van der Waals surface area contributed by atoms with Gasteiger partial charge in [0.15, 0.2) is 0 Å². The predicted molar refractivity (Wildman–Crippen MR) is 64.2 cm³/mol. The third-order valence-electron chi connectivity index (χ3n) is 3.40. The number of carboxylic acids is 1. The quantitative estimate of drug-likeness (QED) is 0.739. The van der Waals surface area contributed by atoms with Gasteiger partial charge in [0.1, 0.15) is 5.75 Å². The first-order valence-corrected chi connectivity index (χ1v) is 5.91. The van der Waals surface area contributed by atoms with Crippen molar-refractivity contribution in [3.8, 4) is 5.75 Å². The second-order valence-corrected chi connectivity index (χ2v) is 4.51. The third kappa shape index (κ3) is 2.26. The summed E-state index contributed by atoms with van der Waals surface area (Å²) in [6, 6.07) is 3.52. The van der Waals surface area contributed by atoms with E-state index in [0.717, 1.165) is 36.8 Å². The van der Waals surface area contributed by atoms with Crippen LogP contribution < -0.4 is 5.73 Å². The van der Waals surface area contributed by atoms with E-state index < -0.39 is 11.9 Å². The average molecular weight is 235 g/mol. The van der Waals surface area contributed by atoms with E-state index in [1.54, 1.807) is 6.07 Å². The molecule has 4 heteroatoms. The number of fused-ring (bicyclic) bond motifs is 1. The summed E-state index contributed by atoms with van der Waals surface area (Å²) in [6.07, 6.45) is 4.17. The molecule has 2 rings (SSSR count). The molecule has 0 bridgehead atoms. The summed E-state index contributed by atoms with van der Waals surface area (Å²) in [4.78, 5) is 11.1. The fourth-order valence-corrected chi connectivity index (χ4v) is 2.43. The summed E-state index contributed by atoms with van der Waals surface area (Å²) in [5.74, 6) is -1.75. The molecule has 17 heavy (non-hydrogen) atoms. The number of carbonyl (C=O) groups is 1. The molecule has 0 aliphatic heterocycles. The molecule has 1 atom stereocenters. The normalized spacial score (nSPS) is 16.3. The number of hydrogen-bond donors (Lipinski definition) is 3. The van der Waals surface area contributed by atoms with E-state index in [1.807, 2.05) is 6.07 Å². The molecule has 0 fully saturated rings. The summed E-state index contributed by atoms with van der Waals surface area (Å²) < 4.78 is 0. The first-order chi connectivity index (χ1) is 8.13. The van der Waals surface area contributed by atoms with Gasteiger partial charge >= 0.3 is 5.97 Å². The lowest BCUT2D eigenvalue weighted by Crippen LogP contribution is -2.21. The molecule has 0 amide bonds. The van der Waals surface area contributed by atoms with Crippen LogP contribution in [0.5, 0.6) is 5.75 Å². The largest absolute Gasteiger partial charge is 0.508 e. The maximum Gasteiger partial charge on any atom is 0.312 e. The molecule has 0 heterocycles. The number of carboxylic acid groups (broad SMARTS) is 1. The molecule has 4 nitrogen and oxygen atoms in total. The van der Waals surface area contributed by atoms with E-state index in [9.17, 15) is 9.90 Å². The number of nitrogens with two attached hydrogens (primary N) is 1. The number of aryl methyl sites for hydroxylation is 2. The van der Waals surface area contributed by atoms with Crippen molar-refractivity contribution < 1.29 is 15.0 Å². The molecule has 1 unspecified atom stereocenters. The van der Waals surface area contributed by atoms with Gasteiger partial charge in [-0.3, -0.25) is 4.79 Å². The van der Waals surface area contributed by atoms with Crippen LogP contribution in [-0.4, -0.2) is 22.7 Å². The highest BCUT2D eigenvalue weighted by Crippen LogP contribution is 2.32. The summed E-state index contributed by atoms with van der Waals surface area (Å²) in [6.45, 7) is 0.00167. The average Bonchev–Trinajstić information content (AvgIpc) is 2.30. The molecule has 0 saturated carbocycles. The summed E-state index contributed by atoms with van der Waals surface area (Å²) in [5.41, 5.74) is 8.20. The van der Waals surface area contributed by atoms with Crippen LogP contribution in [0.15, 0.2) is 12.1 Å². The second-order valence-electron chi connectivity index (χ2n) is 4.51. The van der Waals surface area contributed by atoms with Gasteiger partial charge in [0.05, 0.1) is 5.92 Å². The minimum atomic E-state index is -0.987. The molecule has 0 radical (unpaired) electrons. The Kier molecular flexibility index (Phi) is 3.33. The number of aliphatic carboxylic acids is 1. The van der Waals surface area contributed by atoms with Gasteiger partial charge in [-0.05, 0) is 42.9 Å². The van der Waals surface area contributed by atoms with Gasteiger partial charge in [-0.1, -0.05) is 6.07 Å². The van der Waals surface area contributed by atoms with Crippen LogP contribution in [0.1, 0.15) is 35.4 Å². The monoisotopic (exact) mass is 235 g/mol. The Morgan fingerprint density at radius 2 is 1.88 bits per heavy atom. The Morgan fingerprint density at radius 3 is 2.41 bits per heavy atom. The molecule has 0 aromatic heterocycles. The van der Waals surface area contributed by atoms with E-state index in [2.05, 4.69) is 0 Å². The molecular formula is C13H17NO3. The number of phenolic OH excluding ortho intramolecular Hbond substituents is 1. The fraction of sp³-hybridized carbons (Fsp3) is 0.462. The Hall–Kier alpha value is -1.55. The van der Waals surface area contributed by atoms with Crippen LogP contribution in [0, 0.1) is 0 Å². The van der Waals surface area contributed by atoms with E-state index in [0.29, 0.717) is 5.56 Å². The number of aromatic hydroxyl groups is 1. The van der Waals surface area contributed by atoms with Gasteiger partial charge in [-0.25, -0.2) is 0 Å². The Morgan fingerprint density at radius 1 is 1.29 bits per heavy atom. The van der Waals surface area contributed by atoms with E-state index >= 15 is 0 Å². The Bertz CT molecular complexity index is 443. The molecule has 1 aliphatic rings. The molecule has 1 aliphatic carbocycles. The highest BCUT2D eigenvalue weighted by Gasteiger charge is 2.23. The Labute approximate surface area is 100 Å². The van der Waals surface area contributed by atoms with Crippen molar-refractivity contribution in [3.05, 3.63) is 28.8 Å². The zero-order valence-electron chi connectivity index (χ0n) is 9.65. The molecule has 92 valence electrons. The van der Waals surface area contributed by atoms with Crippen molar-refractivity contribution in [2.45, 2.75) is 31.6 Å². The lowest BCUT2D eigenvalue weighted by molar-refractivity contribution is -0.138. The van der Waals surface area contributed by atoms with Crippen LogP contribution >= 0.6 is 0 Å². The molecule has 0 saturated heterocycles. The Balaban J connectivity index is 2.43. The number of phenols is 1. The molecule has 1 aromatic rings. The van der Waals surface area contributed by atoms with Crippen molar-refractivity contribution in [2.75, 3.05) is 6.54 Å². The minimum Gasteiger partial charge on any atom is -0.508 e. The summed E-state index contributed by atoms with van der Waals surface area (Å²) >= 11 is 0. The highest BCUT2D eigenvalue weighted by atomic mass is 16.4. The SMILES string of the molecule is NCC(C(=O)O)c1cc2c(cc1O)CCCC2. The van der Waals surface area contributed by atoms with E-state index in [-0.39, 0.29) is 12.3 Å². The van der Waals surface area contributed by atoms with Gasteiger partial charge in [0.2, 0.25) is 0 Å². The maximum atomic E-state index is 11.1. The zero-order chi connectivity index (χ0) is 12.4. The van der Waals surface area contributed by atoms with Crippen molar-refractivity contribution >= 4 is 5.97 Å². The lowest BCUT2D eigenvalue weighted by Gasteiger charge is -2.20. The van der Waals surface area contributed by atoms with Crippen molar-refractivity contribution in [1.29, 1.82) is 0 Å². The third-order valence-corrected chi connectivity index (χ3v) is 3.40. The minimum absolute atomic E-state index is 0.00167. The van der Waals surface area contributed by atoms with Gasteiger partial charge in [0.25, 0.3) is 0 Å². The van der Waals surface area contributed by atoms with Gasteiger partial charge in [-0.15, -0.1) is 0 Å². The number of benzene rings is 1. The predicted octanol–water partition coefficient (Wildman–Crippen LogP) is 1.40. The lowest BCUT2D eigenvalue weighted by atomic mass is 9.87.